The van der Waals surface area contributed by atoms with E-state index in [1.807, 2.05) is 0 Å². The summed E-state index contributed by atoms with van der Waals surface area (Å²) in [5.41, 5.74) is 0.0484. The molecule has 0 aliphatic heterocycles. The molecule has 20 heavy (non-hydrogen) atoms. The molecule has 1 aromatic heterocycles. The fourth-order valence-electron chi connectivity index (χ4n) is 1.72. The van der Waals surface area contributed by atoms with Crippen molar-refractivity contribution in [3.05, 3.63) is 59.2 Å². The van der Waals surface area contributed by atoms with Gasteiger partial charge in [-0.2, -0.15) is 0 Å². The minimum Gasteiger partial charge on any atom is -0.478 e. The van der Waals surface area contributed by atoms with Gasteiger partial charge in [0.1, 0.15) is 11.5 Å². The minimum absolute atomic E-state index is 0.0134. The first-order valence-electron chi connectivity index (χ1n) is 5.75. The Labute approximate surface area is 114 Å². The molecule has 0 atom stereocenters. The number of hydrogen-bond donors (Lipinski definition) is 2. The highest BCUT2D eigenvalue weighted by molar-refractivity contribution is 6.09. The minimum atomic E-state index is -1.27. The SMILES string of the molecule is Cc1cccc(F)c1NC(=O)c1ncccc1C(=O)O. The molecule has 102 valence electrons. The van der Waals surface area contributed by atoms with Crippen molar-refractivity contribution >= 4 is 17.6 Å². The molecule has 2 rings (SSSR count). The number of benzene rings is 1. The zero-order chi connectivity index (χ0) is 14.7. The van der Waals surface area contributed by atoms with E-state index in [1.54, 1.807) is 13.0 Å². The summed E-state index contributed by atoms with van der Waals surface area (Å²) < 4.78 is 13.6. The Kier molecular flexibility index (Phi) is 3.74. The molecule has 0 aliphatic carbocycles. The molecular weight excluding hydrogens is 263 g/mol. The van der Waals surface area contributed by atoms with E-state index >= 15 is 0 Å². The van der Waals surface area contributed by atoms with Gasteiger partial charge in [0.05, 0.1) is 11.3 Å². The smallest absolute Gasteiger partial charge is 0.338 e. The first-order valence-corrected chi connectivity index (χ1v) is 5.75. The second-order valence-corrected chi connectivity index (χ2v) is 4.09. The van der Waals surface area contributed by atoms with Gasteiger partial charge in [-0.1, -0.05) is 12.1 Å². The number of carbonyl (C=O) groups excluding carboxylic acids is 1. The number of anilines is 1. The summed E-state index contributed by atoms with van der Waals surface area (Å²) >= 11 is 0. The number of aryl methyl sites for hydroxylation is 1. The van der Waals surface area contributed by atoms with Crippen molar-refractivity contribution in [2.24, 2.45) is 0 Å². The van der Waals surface area contributed by atoms with Crippen molar-refractivity contribution in [3.8, 4) is 0 Å². The molecule has 0 saturated heterocycles. The summed E-state index contributed by atoms with van der Waals surface area (Å²) in [4.78, 5) is 26.8. The molecule has 0 unspecified atom stereocenters. The largest absolute Gasteiger partial charge is 0.478 e. The molecule has 6 heteroatoms. The van der Waals surface area contributed by atoms with Crippen LogP contribution in [0.3, 0.4) is 0 Å². The Bertz CT molecular complexity index is 666. The Morgan fingerprint density at radius 3 is 2.65 bits per heavy atom. The van der Waals surface area contributed by atoms with Crippen molar-refractivity contribution in [2.75, 3.05) is 5.32 Å². The summed E-state index contributed by atoms with van der Waals surface area (Å²) in [6.07, 6.45) is 1.30. The second-order valence-electron chi connectivity index (χ2n) is 4.09. The Hall–Kier alpha value is -2.76. The molecule has 0 bridgehead atoms. The van der Waals surface area contributed by atoms with E-state index in [-0.39, 0.29) is 16.9 Å². The average molecular weight is 274 g/mol. The third kappa shape index (κ3) is 2.64. The lowest BCUT2D eigenvalue weighted by atomic mass is 10.1. The summed E-state index contributed by atoms with van der Waals surface area (Å²) in [5, 5.41) is 11.3. The van der Waals surface area contributed by atoms with Crippen LogP contribution in [0.5, 0.6) is 0 Å². The van der Waals surface area contributed by atoms with Gasteiger partial charge in [0.15, 0.2) is 0 Å². The van der Waals surface area contributed by atoms with Crippen molar-refractivity contribution in [3.63, 3.8) is 0 Å². The van der Waals surface area contributed by atoms with Gasteiger partial charge in [-0.25, -0.2) is 9.18 Å². The van der Waals surface area contributed by atoms with Crippen LogP contribution in [-0.4, -0.2) is 22.0 Å². The van der Waals surface area contributed by atoms with Crippen LogP contribution >= 0.6 is 0 Å². The third-order valence-electron chi connectivity index (χ3n) is 2.71. The molecule has 2 N–H and O–H groups in total. The number of aromatic carboxylic acids is 1. The first kappa shape index (κ1) is 13.7. The van der Waals surface area contributed by atoms with Crippen molar-refractivity contribution in [2.45, 2.75) is 6.92 Å². The normalized spacial score (nSPS) is 10.1. The van der Waals surface area contributed by atoms with Crippen LogP contribution in [0.15, 0.2) is 36.5 Å². The maximum Gasteiger partial charge on any atom is 0.338 e. The Morgan fingerprint density at radius 2 is 2.00 bits per heavy atom. The topological polar surface area (TPSA) is 79.3 Å². The van der Waals surface area contributed by atoms with Gasteiger partial charge in [-0.05, 0) is 30.7 Å². The predicted octanol–water partition coefficient (Wildman–Crippen LogP) is 2.48. The van der Waals surface area contributed by atoms with E-state index in [2.05, 4.69) is 10.3 Å². The van der Waals surface area contributed by atoms with E-state index in [9.17, 15) is 14.0 Å². The number of amides is 1. The Morgan fingerprint density at radius 1 is 1.25 bits per heavy atom. The number of rotatable bonds is 3. The summed E-state index contributed by atoms with van der Waals surface area (Å²) in [5.74, 6) is -2.63. The lowest BCUT2D eigenvalue weighted by molar-refractivity contribution is 0.0691. The zero-order valence-corrected chi connectivity index (χ0v) is 10.6. The van der Waals surface area contributed by atoms with Crippen LogP contribution in [0.1, 0.15) is 26.4 Å². The van der Waals surface area contributed by atoms with E-state index in [1.165, 1.54) is 30.5 Å². The predicted molar refractivity (Wildman–Crippen MR) is 70.3 cm³/mol. The highest BCUT2D eigenvalue weighted by atomic mass is 19.1. The first-order chi connectivity index (χ1) is 9.50. The molecule has 2 aromatic rings. The molecule has 5 nitrogen and oxygen atoms in total. The highest BCUT2D eigenvalue weighted by Gasteiger charge is 2.19. The number of halogens is 1. The van der Waals surface area contributed by atoms with E-state index in [4.69, 9.17) is 5.11 Å². The summed E-state index contributed by atoms with van der Waals surface area (Å²) in [6, 6.07) is 7.03. The molecular formula is C14H11FN2O3. The van der Waals surface area contributed by atoms with Gasteiger partial charge in [0.2, 0.25) is 0 Å². The maximum absolute atomic E-state index is 13.6. The van der Waals surface area contributed by atoms with E-state index in [0.717, 1.165) is 0 Å². The van der Waals surface area contributed by atoms with Crippen LogP contribution < -0.4 is 5.32 Å². The number of para-hydroxylation sites is 1. The number of pyridine rings is 1. The number of carboxylic acids is 1. The van der Waals surface area contributed by atoms with E-state index < -0.39 is 17.7 Å². The summed E-state index contributed by atoms with van der Waals surface area (Å²) in [7, 11) is 0. The van der Waals surface area contributed by atoms with Crippen molar-refractivity contribution in [1.29, 1.82) is 0 Å². The summed E-state index contributed by atoms with van der Waals surface area (Å²) in [6.45, 7) is 1.63. The molecule has 1 aromatic carbocycles. The standard InChI is InChI=1S/C14H11FN2O3/c1-8-4-2-6-10(15)11(8)17-13(18)12-9(14(19)20)5-3-7-16-12/h2-7H,1H3,(H,17,18)(H,19,20). The number of aromatic nitrogens is 1. The monoisotopic (exact) mass is 274 g/mol. The fraction of sp³-hybridized carbons (Fsp3) is 0.0714. The number of hydrogen-bond acceptors (Lipinski definition) is 3. The molecule has 0 fully saturated rings. The highest BCUT2D eigenvalue weighted by Crippen LogP contribution is 2.19. The van der Waals surface area contributed by atoms with Crippen LogP contribution in [0.2, 0.25) is 0 Å². The molecule has 1 heterocycles. The number of carboxylic acid groups (broad SMARTS) is 1. The van der Waals surface area contributed by atoms with Gasteiger partial charge in [-0.3, -0.25) is 9.78 Å². The van der Waals surface area contributed by atoms with Crippen molar-refractivity contribution in [1.82, 2.24) is 4.98 Å². The fourth-order valence-corrected chi connectivity index (χ4v) is 1.72. The molecule has 0 radical (unpaired) electrons. The average Bonchev–Trinajstić information content (AvgIpc) is 2.43. The lowest BCUT2D eigenvalue weighted by Crippen LogP contribution is -2.19. The number of nitrogens with one attached hydrogen (secondary N) is 1. The zero-order valence-electron chi connectivity index (χ0n) is 10.6. The van der Waals surface area contributed by atoms with Gasteiger partial charge in [0.25, 0.3) is 5.91 Å². The van der Waals surface area contributed by atoms with Crippen LogP contribution in [0.4, 0.5) is 10.1 Å². The molecule has 0 aliphatic rings. The Balaban J connectivity index is 2.36. The van der Waals surface area contributed by atoms with Crippen LogP contribution in [0, 0.1) is 12.7 Å². The number of nitrogens with zero attached hydrogens (tertiary/aromatic N) is 1. The maximum atomic E-state index is 13.6. The van der Waals surface area contributed by atoms with Gasteiger partial charge < -0.3 is 10.4 Å². The molecule has 0 spiro atoms. The lowest BCUT2D eigenvalue weighted by Gasteiger charge is -2.10. The number of carbonyl (C=O) groups is 2. The third-order valence-corrected chi connectivity index (χ3v) is 2.71. The van der Waals surface area contributed by atoms with E-state index in [0.29, 0.717) is 5.56 Å². The van der Waals surface area contributed by atoms with Crippen molar-refractivity contribution < 1.29 is 19.1 Å². The second kappa shape index (κ2) is 5.48. The molecule has 1 amide bonds. The van der Waals surface area contributed by atoms with Gasteiger partial charge >= 0.3 is 5.97 Å². The van der Waals surface area contributed by atoms with Crippen LogP contribution in [-0.2, 0) is 0 Å². The van der Waals surface area contributed by atoms with Crippen LogP contribution in [0.25, 0.3) is 0 Å². The quantitative estimate of drug-likeness (QED) is 0.901. The van der Waals surface area contributed by atoms with Gasteiger partial charge in [-0.15, -0.1) is 0 Å². The van der Waals surface area contributed by atoms with Gasteiger partial charge in [0, 0.05) is 6.20 Å². The molecule has 0 saturated carbocycles.